The van der Waals surface area contributed by atoms with Gasteiger partial charge in [0.1, 0.15) is 0 Å². The minimum Gasteiger partial charge on any atom is -0.399 e. The molecule has 0 fully saturated rings. The summed E-state index contributed by atoms with van der Waals surface area (Å²) in [5.41, 5.74) is 7.72. The van der Waals surface area contributed by atoms with Crippen LogP contribution in [0.1, 0.15) is 31.1 Å². The minimum absolute atomic E-state index is 0.0773. The van der Waals surface area contributed by atoms with E-state index >= 15 is 0 Å². The molecule has 0 aromatic heterocycles. The summed E-state index contributed by atoms with van der Waals surface area (Å²) in [6, 6.07) is 5.22. The van der Waals surface area contributed by atoms with Crippen LogP contribution >= 0.6 is 0 Å². The number of hydrogen-bond donors (Lipinski definition) is 3. The van der Waals surface area contributed by atoms with Gasteiger partial charge in [0.2, 0.25) is 0 Å². The van der Waals surface area contributed by atoms with Crippen molar-refractivity contribution in [2.24, 2.45) is 0 Å². The third-order valence-electron chi connectivity index (χ3n) is 2.66. The second-order valence-electron chi connectivity index (χ2n) is 4.31. The molecule has 5 heteroatoms. The number of nitrogens with two attached hydrogens (primary N) is 1. The Kier molecular flexibility index (Phi) is 6.15. The maximum absolute atomic E-state index is 11.9. The standard InChI is InChI=1S/C14H23N3O2/c1-4-16-14(18)12-7-6-11(15)8-13(12)17-9-10(3)19-5-2/h6-8,10,17H,4-5,9,15H2,1-3H3,(H,16,18). The van der Waals surface area contributed by atoms with E-state index in [2.05, 4.69) is 10.6 Å². The molecule has 19 heavy (non-hydrogen) atoms. The number of anilines is 2. The van der Waals surface area contributed by atoms with E-state index in [-0.39, 0.29) is 12.0 Å². The molecule has 0 radical (unpaired) electrons. The van der Waals surface area contributed by atoms with Crippen LogP contribution < -0.4 is 16.4 Å². The van der Waals surface area contributed by atoms with Gasteiger partial charge in [0, 0.05) is 31.1 Å². The quantitative estimate of drug-likeness (QED) is 0.658. The number of nitrogen functional groups attached to an aromatic ring is 1. The van der Waals surface area contributed by atoms with Gasteiger partial charge < -0.3 is 21.1 Å². The van der Waals surface area contributed by atoms with E-state index in [1.807, 2.05) is 20.8 Å². The smallest absolute Gasteiger partial charge is 0.253 e. The Labute approximate surface area is 114 Å². The van der Waals surface area contributed by atoms with Crippen LogP contribution in [-0.4, -0.2) is 31.7 Å². The van der Waals surface area contributed by atoms with Crippen molar-refractivity contribution in [2.75, 3.05) is 30.7 Å². The number of rotatable bonds is 7. The Balaban J connectivity index is 2.79. The lowest BCUT2D eigenvalue weighted by atomic mass is 10.1. The number of benzene rings is 1. The van der Waals surface area contributed by atoms with E-state index in [9.17, 15) is 4.79 Å². The van der Waals surface area contributed by atoms with Crippen LogP contribution in [0.4, 0.5) is 11.4 Å². The van der Waals surface area contributed by atoms with E-state index in [0.717, 1.165) is 5.69 Å². The number of ether oxygens (including phenoxy) is 1. The summed E-state index contributed by atoms with van der Waals surface area (Å²) in [5.74, 6) is -0.103. The first-order chi connectivity index (χ1) is 9.08. The van der Waals surface area contributed by atoms with Crippen LogP contribution in [0.15, 0.2) is 18.2 Å². The molecule has 0 aliphatic rings. The molecule has 1 amide bonds. The zero-order valence-corrected chi connectivity index (χ0v) is 11.8. The Morgan fingerprint density at radius 1 is 1.42 bits per heavy atom. The van der Waals surface area contributed by atoms with Crippen LogP contribution in [0.2, 0.25) is 0 Å². The van der Waals surface area contributed by atoms with E-state index in [1.54, 1.807) is 18.2 Å². The molecular weight excluding hydrogens is 242 g/mol. The van der Waals surface area contributed by atoms with Gasteiger partial charge in [-0.2, -0.15) is 0 Å². The second kappa shape index (κ2) is 7.63. The summed E-state index contributed by atoms with van der Waals surface area (Å²) < 4.78 is 5.45. The highest BCUT2D eigenvalue weighted by molar-refractivity contribution is 6.00. The molecular formula is C14H23N3O2. The van der Waals surface area contributed by atoms with Gasteiger partial charge in [-0.3, -0.25) is 4.79 Å². The lowest BCUT2D eigenvalue weighted by molar-refractivity contribution is 0.0854. The molecule has 5 nitrogen and oxygen atoms in total. The molecule has 0 bridgehead atoms. The number of carbonyl (C=O) groups is 1. The zero-order valence-electron chi connectivity index (χ0n) is 11.8. The van der Waals surface area contributed by atoms with Gasteiger partial charge in [0.15, 0.2) is 0 Å². The minimum atomic E-state index is -0.103. The first-order valence-electron chi connectivity index (χ1n) is 6.61. The highest BCUT2D eigenvalue weighted by Crippen LogP contribution is 2.19. The van der Waals surface area contributed by atoms with E-state index in [0.29, 0.717) is 30.9 Å². The summed E-state index contributed by atoms with van der Waals surface area (Å²) in [5, 5.41) is 6.00. The van der Waals surface area contributed by atoms with Crippen molar-refractivity contribution in [3.05, 3.63) is 23.8 Å². The van der Waals surface area contributed by atoms with Gasteiger partial charge in [-0.1, -0.05) is 0 Å². The Bertz CT molecular complexity index is 421. The van der Waals surface area contributed by atoms with Gasteiger partial charge in [-0.05, 0) is 39.0 Å². The molecule has 0 aliphatic carbocycles. The summed E-state index contributed by atoms with van der Waals surface area (Å²) in [4.78, 5) is 11.9. The molecule has 106 valence electrons. The summed E-state index contributed by atoms with van der Waals surface area (Å²) in [6.45, 7) is 7.72. The van der Waals surface area contributed by atoms with Gasteiger partial charge in [0.25, 0.3) is 5.91 Å². The van der Waals surface area contributed by atoms with Crippen molar-refractivity contribution >= 4 is 17.3 Å². The predicted molar refractivity (Wildman–Crippen MR) is 78.4 cm³/mol. The Morgan fingerprint density at radius 2 is 2.16 bits per heavy atom. The molecule has 4 N–H and O–H groups in total. The fourth-order valence-corrected chi connectivity index (χ4v) is 1.76. The molecule has 0 spiro atoms. The van der Waals surface area contributed by atoms with Crippen LogP contribution in [0.3, 0.4) is 0 Å². The van der Waals surface area contributed by atoms with E-state index in [1.165, 1.54) is 0 Å². The van der Waals surface area contributed by atoms with Crippen LogP contribution in [0.25, 0.3) is 0 Å². The molecule has 0 saturated carbocycles. The fourth-order valence-electron chi connectivity index (χ4n) is 1.76. The fraction of sp³-hybridized carbons (Fsp3) is 0.500. The maximum atomic E-state index is 11.9. The molecule has 1 rings (SSSR count). The molecule has 1 atom stereocenters. The number of hydrogen-bond acceptors (Lipinski definition) is 4. The molecule has 1 aromatic rings. The van der Waals surface area contributed by atoms with Crippen LogP contribution in [0.5, 0.6) is 0 Å². The van der Waals surface area contributed by atoms with Gasteiger partial charge in [-0.25, -0.2) is 0 Å². The molecule has 0 saturated heterocycles. The third-order valence-corrected chi connectivity index (χ3v) is 2.66. The summed E-state index contributed by atoms with van der Waals surface area (Å²) in [6.07, 6.45) is 0.0773. The van der Waals surface area contributed by atoms with Crippen molar-refractivity contribution in [3.63, 3.8) is 0 Å². The van der Waals surface area contributed by atoms with Gasteiger partial charge in [-0.15, -0.1) is 0 Å². The molecule has 0 heterocycles. The van der Waals surface area contributed by atoms with E-state index in [4.69, 9.17) is 10.5 Å². The van der Waals surface area contributed by atoms with E-state index < -0.39 is 0 Å². The first-order valence-corrected chi connectivity index (χ1v) is 6.61. The average molecular weight is 265 g/mol. The summed E-state index contributed by atoms with van der Waals surface area (Å²) in [7, 11) is 0. The van der Waals surface area contributed by atoms with Crippen molar-refractivity contribution in [2.45, 2.75) is 26.9 Å². The van der Waals surface area contributed by atoms with Crippen LogP contribution in [-0.2, 0) is 4.74 Å². The number of nitrogens with one attached hydrogen (secondary N) is 2. The van der Waals surface area contributed by atoms with Gasteiger partial charge in [0.05, 0.1) is 11.7 Å². The SMILES string of the molecule is CCNC(=O)c1ccc(N)cc1NCC(C)OCC. The van der Waals surface area contributed by atoms with Crippen molar-refractivity contribution < 1.29 is 9.53 Å². The second-order valence-corrected chi connectivity index (χ2v) is 4.31. The maximum Gasteiger partial charge on any atom is 0.253 e. The van der Waals surface area contributed by atoms with Gasteiger partial charge >= 0.3 is 0 Å². The monoisotopic (exact) mass is 265 g/mol. The normalized spacial score (nSPS) is 11.9. The topological polar surface area (TPSA) is 76.4 Å². The highest BCUT2D eigenvalue weighted by Gasteiger charge is 2.11. The molecule has 0 aliphatic heterocycles. The van der Waals surface area contributed by atoms with Crippen molar-refractivity contribution in [1.29, 1.82) is 0 Å². The number of amides is 1. The zero-order chi connectivity index (χ0) is 14.3. The summed E-state index contributed by atoms with van der Waals surface area (Å²) >= 11 is 0. The third kappa shape index (κ3) is 4.79. The Morgan fingerprint density at radius 3 is 2.79 bits per heavy atom. The largest absolute Gasteiger partial charge is 0.399 e. The lowest BCUT2D eigenvalue weighted by Crippen LogP contribution is -2.25. The lowest BCUT2D eigenvalue weighted by Gasteiger charge is -2.16. The van der Waals surface area contributed by atoms with Crippen molar-refractivity contribution in [3.8, 4) is 0 Å². The predicted octanol–water partition coefficient (Wildman–Crippen LogP) is 1.86. The average Bonchev–Trinajstić information content (AvgIpc) is 2.37. The first kappa shape index (κ1) is 15.3. The van der Waals surface area contributed by atoms with Crippen LogP contribution in [0, 0.1) is 0 Å². The molecule has 1 unspecified atom stereocenters. The highest BCUT2D eigenvalue weighted by atomic mass is 16.5. The number of carbonyl (C=O) groups excluding carboxylic acids is 1. The van der Waals surface area contributed by atoms with Crippen molar-refractivity contribution in [1.82, 2.24) is 5.32 Å². The molecule has 1 aromatic carbocycles. The Hall–Kier alpha value is -1.75.